The van der Waals surface area contributed by atoms with Gasteiger partial charge in [0.1, 0.15) is 5.82 Å². The van der Waals surface area contributed by atoms with Gasteiger partial charge in [0, 0.05) is 38.7 Å². The van der Waals surface area contributed by atoms with E-state index in [-0.39, 0.29) is 0 Å². The predicted molar refractivity (Wildman–Crippen MR) is 75.1 cm³/mol. The molecule has 5 heteroatoms. The Hall–Kier alpha value is -0.840. The second kappa shape index (κ2) is 5.67. The molecular weight excluding hydrogens is 280 g/mol. The Bertz CT molecular complexity index is 369. The van der Waals surface area contributed by atoms with Crippen LogP contribution in [0.4, 0.5) is 11.8 Å². The van der Waals surface area contributed by atoms with Crippen molar-refractivity contribution in [1.82, 2.24) is 9.97 Å². The van der Waals surface area contributed by atoms with Gasteiger partial charge in [-0.15, -0.1) is 0 Å². The lowest BCUT2D eigenvalue weighted by molar-refractivity contribution is 0.575. The van der Waals surface area contributed by atoms with Gasteiger partial charge in [0.05, 0.1) is 0 Å². The van der Waals surface area contributed by atoms with Gasteiger partial charge in [-0.2, -0.15) is 4.98 Å². The molecule has 0 N–H and O–H groups in total. The minimum absolute atomic E-state index is 0.784. The van der Waals surface area contributed by atoms with Crippen molar-refractivity contribution in [2.75, 3.05) is 42.3 Å². The Balaban J connectivity index is 2.05. The molecule has 1 saturated heterocycles. The third-order valence-corrected chi connectivity index (χ3v) is 3.61. The second-order valence-corrected chi connectivity index (χ2v) is 5.48. The van der Waals surface area contributed by atoms with Gasteiger partial charge >= 0.3 is 0 Å². The number of rotatable bonds is 4. The van der Waals surface area contributed by atoms with E-state index in [4.69, 9.17) is 0 Å². The van der Waals surface area contributed by atoms with Gasteiger partial charge in [-0.3, -0.25) is 0 Å². The standard InChI is InChI=1S/C12H19BrN4/c1-16(2)12-14-7-4-11(15-12)17-8-5-10(9-17)3-6-13/h4,7,10H,3,5-6,8-9H2,1-2H3. The quantitative estimate of drug-likeness (QED) is 0.798. The van der Waals surface area contributed by atoms with Gasteiger partial charge in [0.15, 0.2) is 0 Å². The van der Waals surface area contributed by atoms with E-state index >= 15 is 0 Å². The first-order valence-corrected chi connectivity index (χ1v) is 7.14. The molecule has 1 atom stereocenters. The fourth-order valence-electron chi connectivity index (χ4n) is 2.16. The van der Waals surface area contributed by atoms with Crippen molar-refractivity contribution in [3.8, 4) is 0 Å². The number of nitrogens with zero attached hydrogens (tertiary/aromatic N) is 4. The predicted octanol–water partition coefficient (Wildman–Crippen LogP) is 2.15. The molecule has 0 saturated carbocycles. The third-order valence-electron chi connectivity index (χ3n) is 3.16. The number of hydrogen-bond acceptors (Lipinski definition) is 4. The molecule has 0 amide bonds. The van der Waals surface area contributed by atoms with Crippen LogP contribution in [0, 0.1) is 5.92 Å². The van der Waals surface area contributed by atoms with Gasteiger partial charge in [0.25, 0.3) is 0 Å². The summed E-state index contributed by atoms with van der Waals surface area (Å²) in [5.41, 5.74) is 0. The number of halogens is 1. The second-order valence-electron chi connectivity index (χ2n) is 4.69. The van der Waals surface area contributed by atoms with Crippen molar-refractivity contribution in [3.05, 3.63) is 12.3 Å². The van der Waals surface area contributed by atoms with E-state index in [2.05, 4.69) is 30.8 Å². The van der Waals surface area contributed by atoms with Crippen molar-refractivity contribution in [3.63, 3.8) is 0 Å². The Morgan fingerprint density at radius 3 is 3.06 bits per heavy atom. The van der Waals surface area contributed by atoms with Crippen molar-refractivity contribution < 1.29 is 0 Å². The summed E-state index contributed by atoms with van der Waals surface area (Å²) in [6.45, 7) is 2.23. The molecule has 1 fully saturated rings. The van der Waals surface area contributed by atoms with Crippen molar-refractivity contribution in [1.29, 1.82) is 0 Å². The van der Waals surface area contributed by atoms with E-state index in [0.29, 0.717) is 0 Å². The van der Waals surface area contributed by atoms with E-state index in [9.17, 15) is 0 Å². The summed E-state index contributed by atoms with van der Waals surface area (Å²) in [4.78, 5) is 13.1. The fourth-order valence-corrected chi connectivity index (χ4v) is 2.81. The lowest BCUT2D eigenvalue weighted by Gasteiger charge is -2.19. The summed E-state index contributed by atoms with van der Waals surface area (Å²) in [5, 5.41) is 1.10. The molecule has 1 unspecified atom stereocenters. The lowest BCUT2D eigenvalue weighted by atomic mass is 10.1. The van der Waals surface area contributed by atoms with Crippen LogP contribution in [0.15, 0.2) is 12.3 Å². The first-order valence-electron chi connectivity index (χ1n) is 6.02. The molecular formula is C12H19BrN4. The smallest absolute Gasteiger partial charge is 0.226 e. The molecule has 0 radical (unpaired) electrons. The maximum atomic E-state index is 4.58. The zero-order valence-corrected chi connectivity index (χ0v) is 12.0. The normalized spacial score (nSPS) is 19.7. The molecule has 2 rings (SSSR count). The highest BCUT2D eigenvalue weighted by Gasteiger charge is 2.23. The van der Waals surface area contributed by atoms with Crippen molar-refractivity contribution in [2.24, 2.45) is 5.92 Å². The Morgan fingerprint density at radius 1 is 1.53 bits per heavy atom. The Kier molecular flexibility index (Phi) is 4.20. The number of anilines is 2. The number of alkyl halides is 1. The topological polar surface area (TPSA) is 32.3 Å². The average molecular weight is 299 g/mol. The van der Waals surface area contributed by atoms with Crippen LogP contribution in [-0.4, -0.2) is 42.5 Å². The Labute approximate surface area is 111 Å². The molecule has 2 heterocycles. The molecule has 94 valence electrons. The minimum Gasteiger partial charge on any atom is -0.356 e. The van der Waals surface area contributed by atoms with E-state index in [1.807, 2.05) is 31.3 Å². The van der Waals surface area contributed by atoms with Crippen LogP contribution in [0.25, 0.3) is 0 Å². The molecule has 1 aliphatic rings. The molecule has 0 spiro atoms. The number of aromatic nitrogens is 2. The summed E-state index contributed by atoms with van der Waals surface area (Å²) >= 11 is 3.52. The highest BCUT2D eigenvalue weighted by atomic mass is 79.9. The molecule has 1 aliphatic heterocycles. The number of hydrogen-bond donors (Lipinski definition) is 0. The zero-order valence-electron chi connectivity index (χ0n) is 10.4. The van der Waals surface area contributed by atoms with Gasteiger partial charge in [-0.05, 0) is 24.8 Å². The highest BCUT2D eigenvalue weighted by Crippen LogP contribution is 2.25. The van der Waals surface area contributed by atoms with Gasteiger partial charge in [-0.25, -0.2) is 4.98 Å². The summed E-state index contributed by atoms with van der Waals surface area (Å²) in [5.74, 6) is 2.64. The van der Waals surface area contributed by atoms with E-state index in [0.717, 1.165) is 36.1 Å². The monoisotopic (exact) mass is 298 g/mol. The average Bonchev–Trinajstić information content (AvgIpc) is 2.78. The summed E-state index contributed by atoms with van der Waals surface area (Å²) < 4.78 is 0. The van der Waals surface area contributed by atoms with E-state index in [1.165, 1.54) is 12.8 Å². The first-order chi connectivity index (χ1) is 8.20. The van der Waals surface area contributed by atoms with Crippen LogP contribution in [0.1, 0.15) is 12.8 Å². The highest BCUT2D eigenvalue weighted by molar-refractivity contribution is 9.09. The molecule has 0 aromatic carbocycles. The summed E-state index contributed by atoms with van der Waals surface area (Å²) in [7, 11) is 3.94. The minimum atomic E-state index is 0.784. The summed E-state index contributed by atoms with van der Waals surface area (Å²) in [6, 6.07) is 2.00. The van der Waals surface area contributed by atoms with E-state index < -0.39 is 0 Å². The first kappa shape index (κ1) is 12.6. The maximum absolute atomic E-state index is 4.58. The molecule has 1 aromatic heterocycles. The van der Waals surface area contributed by atoms with Crippen LogP contribution in [-0.2, 0) is 0 Å². The van der Waals surface area contributed by atoms with Crippen LogP contribution >= 0.6 is 15.9 Å². The van der Waals surface area contributed by atoms with Gasteiger partial charge in [0.2, 0.25) is 5.95 Å². The summed E-state index contributed by atoms with van der Waals surface area (Å²) in [6.07, 6.45) is 4.37. The molecule has 1 aromatic rings. The molecule has 4 nitrogen and oxygen atoms in total. The van der Waals surface area contributed by atoms with Crippen molar-refractivity contribution in [2.45, 2.75) is 12.8 Å². The van der Waals surface area contributed by atoms with Crippen LogP contribution in [0.2, 0.25) is 0 Å². The lowest BCUT2D eigenvalue weighted by Crippen LogP contribution is -2.22. The SMILES string of the molecule is CN(C)c1nccc(N2CCC(CCBr)C2)n1. The third kappa shape index (κ3) is 3.09. The fraction of sp³-hybridized carbons (Fsp3) is 0.667. The van der Waals surface area contributed by atoms with Gasteiger partial charge < -0.3 is 9.80 Å². The van der Waals surface area contributed by atoms with E-state index in [1.54, 1.807) is 0 Å². The van der Waals surface area contributed by atoms with Crippen LogP contribution in [0.5, 0.6) is 0 Å². The maximum Gasteiger partial charge on any atom is 0.226 e. The largest absolute Gasteiger partial charge is 0.356 e. The molecule has 0 bridgehead atoms. The molecule has 0 aliphatic carbocycles. The molecule has 17 heavy (non-hydrogen) atoms. The van der Waals surface area contributed by atoms with Crippen molar-refractivity contribution >= 4 is 27.7 Å². The van der Waals surface area contributed by atoms with Gasteiger partial charge in [-0.1, -0.05) is 15.9 Å². The Morgan fingerprint density at radius 2 is 2.35 bits per heavy atom. The van der Waals surface area contributed by atoms with Crippen LogP contribution < -0.4 is 9.80 Å². The van der Waals surface area contributed by atoms with Crippen LogP contribution in [0.3, 0.4) is 0 Å². The zero-order chi connectivity index (χ0) is 12.3.